The van der Waals surface area contributed by atoms with Crippen LogP contribution in [-0.4, -0.2) is 29.6 Å². The number of rotatable bonds is 4. The summed E-state index contributed by atoms with van der Waals surface area (Å²) in [7, 11) is 1.65. The second kappa shape index (κ2) is 7.96. The lowest BCUT2D eigenvalue weighted by Gasteiger charge is -2.28. The molecule has 1 amide bonds. The largest absolute Gasteiger partial charge is 0.497 e. The number of nitrogens with zero attached hydrogens (tertiary/aromatic N) is 2. The molecule has 1 aliphatic heterocycles. The Labute approximate surface area is 162 Å². The van der Waals surface area contributed by atoms with Crippen molar-refractivity contribution >= 4 is 17.2 Å². The molecule has 1 aliphatic rings. The summed E-state index contributed by atoms with van der Waals surface area (Å²) in [5.41, 5.74) is 1.77. The average Bonchev–Trinajstić information content (AvgIpc) is 3.36. The molecule has 3 aromatic rings. The van der Waals surface area contributed by atoms with Crippen molar-refractivity contribution in [3.8, 4) is 17.1 Å². The maximum Gasteiger partial charge on any atom is 0.264 e. The fraction of sp³-hybridized carbons (Fsp3) is 0.333. The van der Waals surface area contributed by atoms with E-state index in [4.69, 9.17) is 9.26 Å². The standard InChI is InChI=1S/C21H22N2O3S/c1-25-16-10-8-15(9-11-16)19-14-17(22-26-19)18-6-3-2-4-12-23(18)21(24)20-7-5-13-27-20/h5,7-11,13-14,18H,2-4,6,12H2,1H3. The topological polar surface area (TPSA) is 55.6 Å². The average molecular weight is 382 g/mol. The van der Waals surface area contributed by atoms with Gasteiger partial charge in [-0.1, -0.05) is 24.1 Å². The Balaban J connectivity index is 1.61. The molecule has 1 saturated heterocycles. The van der Waals surface area contributed by atoms with Crippen LogP contribution in [0.2, 0.25) is 0 Å². The Morgan fingerprint density at radius 1 is 1.22 bits per heavy atom. The molecule has 0 N–H and O–H groups in total. The third-order valence-corrected chi connectivity index (χ3v) is 5.85. The number of ether oxygens (including phenoxy) is 1. The van der Waals surface area contributed by atoms with E-state index in [1.807, 2.05) is 52.7 Å². The summed E-state index contributed by atoms with van der Waals surface area (Å²) >= 11 is 1.49. The molecule has 0 spiro atoms. The van der Waals surface area contributed by atoms with Crippen LogP contribution in [0, 0.1) is 0 Å². The van der Waals surface area contributed by atoms with E-state index < -0.39 is 0 Å². The van der Waals surface area contributed by atoms with Crippen LogP contribution in [0.4, 0.5) is 0 Å². The zero-order valence-electron chi connectivity index (χ0n) is 15.3. The van der Waals surface area contributed by atoms with E-state index >= 15 is 0 Å². The Bertz CT molecular complexity index is 887. The van der Waals surface area contributed by atoms with Crippen molar-refractivity contribution in [2.75, 3.05) is 13.7 Å². The van der Waals surface area contributed by atoms with Crippen molar-refractivity contribution in [3.63, 3.8) is 0 Å². The molecule has 2 aromatic heterocycles. The fourth-order valence-corrected chi connectivity index (χ4v) is 4.22. The van der Waals surface area contributed by atoms with Gasteiger partial charge in [0.2, 0.25) is 0 Å². The number of amides is 1. The predicted octanol–water partition coefficient (Wildman–Crippen LogP) is 5.17. The van der Waals surface area contributed by atoms with E-state index in [0.29, 0.717) is 5.76 Å². The molecule has 5 nitrogen and oxygen atoms in total. The summed E-state index contributed by atoms with van der Waals surface area (Å²) < 4.78 is 10.8. The summed E-state index contributed by atoms with van der Waals surface area (Å²) in [4.78, 5) is 15.8. The maximum atomic E-state index is 13.0. The SMILES string of the molecule is COc1ccc(-c2cc(C3CCCCCN3C(=O)c3cccs3)no2)cc1. The van der Waals surface area contributed by atoms with Crippen LogP contribution in [-0.2, 0) is 0 Å². The number of benzene rings is 1. The number of carbonyl (C=O) groups is 1. The number of aromatic nitrogens is 1. The van der Waals surface area contributed by atoms with E-state index in [1.165, 1.54) is 11.3 Å². The molecule has 4 rings (SSSR count). The first-order valence-electron chi connectivity index (χ1n) is 9.22. The minimum Gasteiger partial charge on any atom is -0.497 e. The van der Waals surface area contributed by atoms with Crippen LogP contribution < -0.4 is 4.74 Å². The molecule has 1 fully saturated rings. The highest BCUT2D eigenvalue weighted by Crippen LogP contribution is 2.34. The molecule has 0 aliphatic carbocycles. The summed E-state index contributed by atoms with van der Waals surface area (Å²) in [6, 6.07) is 13.4. The highest BCUT2D eigenvalue weighted by atomic mass is 32.1. The number of methoxy groups -OCH3 is 1. The number of thiophene rings is 1. The third-order valence-electron chi connectivity index (χ3n) is 4.99. The maximum absolute atomic E-state index is 13.0. The second-order valence-corrected chi connectivity index (χ2v) is 7.63. The van der Waals surface area contributed by atoms with Crippen molar-refractivity contribution in [3.05, 3.63) is 58.4 Å². The van der Waals surface area contributed by atoms with Gasteiger partial charge < -0.3 is 14.2 Å². The molecule has 1 aromatic carbocycles. The molecule has 27 heavy (non-hydrogen) atoms. The van der Waals surface area contributed by atoms with Crippen molar-refractivity contribution in [1.29, 1.82) is 0 Å². The van der Waals surface area contributed by atoms with Crippen molar-refractivity contribution < 1.29 is 14.1 Å². The molecule has 0 saturated carbocycles. The first-order valence-corrected chi connectivity index (χ1v) is 10.1. The molecule has 6 heteroatoms. The Morgan fingerprint density at radius 2 is 2.07 bits per heavy atom. The zero-order valence-corrected chi connectivity index (χ0v) is 16.1. The quantitative estimate of drug-likeness (QED) is 0.625. The summed E-state index contributed by atoms with van der Waals surface area (Å²) in [5, 5.41) is 6.26. The van der Waals surface area contributed by atoms with Gasteiger partial charge in [-0.25, -0.2) is 0 Å². The molecule has 1 atom stereocenters. The fourth-order valence-electron chi connectivity index (χ4n) is 3.54. The van der Waals surface area contributed by atoms with Crippen molar-refractivity contribution in [2.24, 2.45) is 0 Å². The number of hydrogen-bond acceptors (Lipinski definition) is 5. The monoisotopic (exact) mass is 382 g/mol. The second-order valence-electron chi connectivity index (χ2n) is 6.69. The summed E-state index contributed by atoms with van der Waals surface area (Å²) in [6.45, 7) is 0.756. The van der Waals surface area contributed by atoms with Gasteiger partial charge in [0.25, 0.3) is 5.91 Å². The predicted molar refractivity (Wildman–Crippen MR) is 105 cm³/mol. The third kappa shape index (κ3) is 3.76. The van der Waals surface area contributed by atoms with Crippen LogP contribution in [0.15, 0.2) is 52.4 Å². The van der Waals surface area contributed by atoms with Crippen LogP contribution in [0.25, 0.3) is 11.3 Å². The molecular formula is C21H22N2O3S. The van der Waals surface area contributed by atoms with Crippen LogP contribution in [0.5, 0.6) is 5.75 Å². The normalized spacial score (nSPS) is 17.5. The number of likely N-dealkylation sites (tertiary alicyclic amines) is 1. The summed E-state index contributed by atoms with van der Waals surface area (Å²) in [6.07, 6.45) is 4.15. The van der Waals surface area contributed by atoms with E-state index in [9.17, 15) is 4.79 Å². The Hall–Kier alpha value is -2.60. The van der Waals surface area contributed by atoms with Gasteiger partial charge in [0.15, 0.2) is 5.76 Å². The van der Waals surface area contributed by atoms with Gasteiger partial charge in [0.05, 0.1) is 18.0 Å². The van der Waals surface area contributed by atoms with Gasteiger partial charge in [-0.05, 0) is 48.6 Å². The van der Waals surface area contributed by atoms with Gasteiger partial charge in [-0.15, -0.1) is 11.3 Å². The highest BCUT2D eigenvalue weighted by Gasteiger charge is 2.30. The minimum atomic E-state index is -0.0437. The molecule has 0 bridgehead atoms. The van der Waals surface area contributed by atoms with Gasteiger partial charge in [0, 0.05) is 18.2 Å². The van der Waals surface area contributed by atoms with E-state index in [2.05, 4.69) is 5.16 Å². The molecule has 1 unspecified atom stereocenters. The van der Waals surface area contributed by atoms with Crippen molar-refractivity contribution in [1.82, 2.24) is 10.1 Å². The lowest BCUT2D eigenvalue weighted by atomic mass is 10.0. The van der Waals surface area contributed by atoms with Gasteiger partial charge in [-0.2, -0.15) is 0 Å². The van der Waals surface area contributed by atoms with Gasteiger partial charge >= 0.3 is 0 Å². The number of carbonyl (C=O) groups excluding carboxylic acids is 1. The van der Waals surface area contributed by atoms with Gasteiger partial charge in [-0.3, -0.25) is 4.79 Å². The Kier molecular flexibility index (Phi) is 5.25. The van der Waals surface area contributed by atoms with Crippen molar-refractivity contribution in [2.45, 2.75) is 31.7 Å². The highest BCUT2D eigenvalue weighted by molar-refractivity contribution is 7.12. The zero-order chi connectivity index (χ0) is 18.6. The lowest BCUT2D eigenvalue weighted by molar-refractivity contribution is 0.0679. The molecule has 0 radical (unpaired) electrons. The van der Waals surface area contributed by atoms with Gasteiger partial charge in [0.1, 0.15) is 11.4 Å². The first-order chi connectivity index (χ1) is 13.3. The van der Waals surface area contributed by atoms with E-state index in [-0.39, 0.29) is 11.9 Å². The van der Waals surface area contributed by atoms with Crippen LogP contribution in [0.1, 0.15) is 47.1 Å². The molecule has 3 heterocycles. The Morgan fingerprint density at radius 3 is 2.81 bits per heavy atom. The van der Waals surface area contributed by atoms with Crippen LogP contribution in [0.3, 0.4) is 0 Å². The molecule has 140 valence electrons. The summed E-state index contributed by atoms with van der Waals surface area (Å²) in [5.74, 6) is 1.60. The smallest absolute Gasteiger partial charge is 0.264 e. The minimum absolute atomic E-state index is 0.0437. The van der Waals surface area contributed by atoms with E-state index in [0.717, 1.165) is 54.1 Å². The number of hydrogen-bond donors (Lipinski definition) is 0. The van der Waals surface area contributed by atoms with Crippen LogP contribution >= 0.6 is 11.3 Å². The first kappa shape index (κ1) is 17.8. The molecular weight excluding hydrogens is 360 g/mol. The lowest BCUT2D eigenvalue weighted by Crippen LogP contribution is -2.34. The van der Waals surface area contributed by atoms with E-state index in [1.54, 1.807) is 7.11 Å².